The van der Waals surface area contributed by atoms with Crippen LogP contribution in [0.2, 0.25) is 0 Å². The van der Waals surface area contributed by atoms with Crippen molar-refractivity contribution < 1.29 is 44.2 Å². The van der Waals surface area contributed by atoms with Crippen molar-refractivity contribution in [3.05, 3.63) is 9.81 Å². The van der Waals surface area contributed by atoms with E-state index in [0.29, 0.717) is 0 Å². The predicted molar refractivity (Wildman–Crippen MR) is 66.9 cm³/mol. The number of nitrogens with zero attached hydrogens (tertiary/aromatic N) is 2. The summed E-state index contributed by atoms with van der Waals surface area (Å²) in [6, 6.07) is 0. The summed E-state index contributed by atoms with van der Waals surface area (Å²) in [5.74, 6) is 0. The van der Waals surface area contributed by atoms with Crippen molar-refractivity contribution in [2.75, 3.05) is 42.7 Å². The summed E-state index contributed by atoms with van der Waals surface area (Å²) >= 11 is 0. The SMILES string of the molecule is COP(OC)OC.COP(OC)OC.[Fe].[N]=O.[N]=O. The standard InChI is InChI=1S/2C3H9O3P.Fe.2NO/c2*1-4-7(5-2)6-3;;2*1-2/h2*1-3H3;;;. The van der Waals surface area contributed by atoms with Gasteiger partial charge in [-0.2, -0.15) is 0 Å². The van der Waals surface area contributed by atoms with Gasteiger partial charge in [0.15, 0.2) is 0 Å². The average Bonchev–Trinajstić information content (AvgIpc) is 2.48. The van der Waals surface area contributed by atoms with Crippen molar-refractivity contribution in [2.45, 2.75) is 0 Å². The Hall–Kier alpha value is 0.339. The van der Waals surface area contributed by atoms with E-state index in [9.17, 15) is 0 Å². The second-order valence-electron chi connectivity index (χ2n) is 1.54. The molecule has 0 aromatic heterocycles. The van der Waals surface area contributed by atoms with Crippen molar-refractivity contribution in [3.63, 3.8) is 0 Å². The summed E-state index contributed by atoms with van der Waals surface area (Å²) in [6.07, 6.45) is 0. The molecule has 0 aromatic carbocycles. The van der Waals surface area contributed by atoms with Gasteiger partial charge < -0.3 is 27.1 Å². The van der Waals surface area contributed by atoms with Gasteiger partial charge in [-0.3, -0.25) is 0 Å². The van der Waals surface area contributed by atoms with Gasteiger partial charge in [-0.25, -0.2) is 0 Å². The summed E-state index contributed by atoms with van der Waals surface area (Å²) in [4.78, 5) is 14.5. The molecule has 19 heavy (non-hydrogen) atoms. The minimum absolute atomic E-state index is 0. The molecular formula is C6H18FeN2O8P2. The second-order valence-corrected chi connectivity index (χ2v) is 4.63. The molecule has 0 unspecified atom stereocenters. The van der Waals surface area contributed by atoms with Crippen LogP contribution in [0.4, 0.5) is 0 Å². The third-order valence-corrected chi connectivity index (χ3v) is 2.68. The Morgan fingerprint density at radius 1 is 0.526 bits per heavy atom. The fourth-order valence-electron chi connectivity index (χ4n) is 0.447. The van der Waals surface area contributed by atoms with Crippen LogP contribution in [0.25, 0.3) is 0 Å². The van der Waals surface area contributed by atoms with E-state index in [1.54, 1.807) is 42.7 Å². The maximum atomic E-state index is 7.25. The van der Waals surface area contributed by atoms with Gasteiger partial charge >= 0.3 is 17.2 Å². The summed E-state index contributed by atoms with van der Waals surface area (Å²) in [6.45, 7) is 0. The maximum Gasteiger partial charge on any atom is 0.331 e. The van der Waals surface area contributed by atoms with Crippen molar-refractivity contribution in [3.8, 4) is 0 Å². The van der Waals surface area contributed by atoms with Gasteiger partial charge in [-0.05, 0) is 0 Å². The zero-order valence-corrected chi connectivity index (χ0v) is 14.3. The monoisotopic (exact) mass is 364 g/mol. The molecule has 0 aliphatic heterocycles. The van der Waals surface area contributed by atoms with Gasteiger partial charge in [0.05, 0.1) is 0 Å². The average molecular weight is 364 g/mol. The first-order valence-corrected chi connectivity index (χ1v) is 6.10. The van der Waals surface area contributed by atoms with E-state index in [1.165, 1.54) is 0 Å². The Labute approximate surface area is 125 Å². The van der Waals surface area contributed by atoms with Crippen molar-refractivity contribution in [2.24, 2.45) is 0 Å². The molecule has 0 aliphatic rings. The first kappa shape index (κ1) is 31.6. The molecular weight excluding hydrogens is 346 g/mol. The number of hydrogen-bond acceptors (Lipinski definition) is 8. The van der Waals surface area contributed by atoms with Gasteiger partial charge in [-0.15, -0.1) is 9.81 Å². The molecule has 0 fully saturated rings. The second kappa shape index (κ2) is 36.2. The normalized spacial score (nSPS) is 8.00. The molecule has 0 heterocycles. The zero-order chi connectivity index (χ0) is 15.4. The van der Waals surface area contributed by atoms with Gasteiger partial charge in [-0.1, -0.05) is 0 Å². The Bertz CT molecular complexity index is 111. The summed E-state index contributed by atoms with van der Waals surface area (Å²) in [7, 11) is 7.13. The van der Waals surface area contributed by atoms with Crippen LogP contribution in [0.5, 0.6) is 0 Å². The number of nitroso groups, excluding NO2 is 2. The molecule has 0 bridgehead atoms. The molecule has 118 valence electrons. The van der Waals surface area contributed by atoms with Crippen LogP contribution >= 0.6 is 17.2 Å². The molecule has 13 heteroatoms. The summed E-state index contributed by atoms with van der Waals surface area (Å²) < 4.78 is 28.0. The Morgan fingerprint density at radius 2 is 0.632 bits per heavy atom. The van der Waals surface area contributed by atoms with E-state index in [1.807, 2.05) is 0 Å². The number of rotatable bonds is 6. The molecule has 0 rings (SSSR count). The molecule has 0 saturated carbocycles. The van der Waals surface area contributed by atoms with Crippen LogP contribution in [-0.2, 0) is 44.2 Å². The van der Waals surface area contributed by atoms with Gasteiger partial charge in [0, 0.05) is 59.7 Å². The molecule has 10 nitrogen and oxygen atoms in total. The van der Waals surface area contributed by atoms with Crippen LogP contribution in [0.3, 0.4) is 0 Å². The van der Waals surface area contributed by atoms with E-state index >= 15 is 0 Å². The summed E-state index contributed by atoms with van der Waals surface area (Å²) in [5, 5.41) is 0. The van der Waals surface area contributed by atoms with Crippen LogP contribution < -0.4 is 11.2 Å². The number of hydrogen-bond donors (Lipinski definition) is 0. The van der Waals surface area contributed by atoms with E-state index < -0.39 is 17.2 Å². The first-order valence-electron chi connectivity index (χ1n) is 3.91. The largest absolute Gasteiger partial charge is 0.331 e. The fourth-order valence-corrected chi connectivity index (χ4v) is 1.34. The van der Waals surface area contributed by atoms with Crippen molar-refractivity contribution in [1.82, 2.24) is 11.2 Å². The Balaban J connectivity index is -0.0000000522. The van der Waals surface area contributed by atoms with Crippen LogP contribution in [0.15, 0.2) is 0 Å². The van der Waals surface area contributed by atoms with Crippen LogP contribution in [-0.4, -0.2) is 42.7 Å². The third-order valence-electron chi connectivity index (χ3n) is 0.894. The molecule has 0 aliphatic carbocycles. The molecule has 0 spiro atoms. The van der Waals surface area contributed by atoms with Gasteiger partial charge in [0.25, 0.3) is 0 Å². The van der Waals surface area contributed by atoms with Crippen LogP contribution in [0.1, 0.15) is 0 Å². The molecule has 0 atom stereocenters. The van der Waals surface area contributed by atoms with E-state index in [0.717, 1.165) is 0 Å². The fraction of sp³-hybridized carbons (Fsp3) is 1.00. The zero-order valence-electron chi connectivity index (χ0n) is 11.4. The Kier molecular flexibility index (Phi) is 60.3. The van der Waals surface area contributed by atoms with E-state index in [-0.39, 0.29) is 17.1 Å². The topological polar surface area (TPSA) is 134 Å². The quantitative estimate of drug-likeness (QED) is 0.510. The minimum atomic E-state index is -1.05. The van der Waals surface area contributed by atoms with Crippen LogP contribution in [0, 0.1) is 9.81 Å². The third kappa shape index (κ3) is 32.2. The van der Waals surface area contributed by atoms with E-state index in [4.69, 9.17) is 21.0 Å². The molecule has 2 radical (unpaired) electrons. The van der Waals surface area contributed by atoms with Crippen molar-refractivity contribution in [1.29, 1.82) is 0 Å². The first-order chi connectivity index (χ1) is 8.69. The Morgan fingerprint density at radius 3 is 0.632 bits per heavy atom. The molecule has 0 saturated heterocycles. The van der Waals surface area contributed by atoms with Crippen molar-refractivity contribution >= 4 is 17.2 Å². The smallest absolute Gasteiger partial charge is 0.316 e. The van der Waals surface area contributed by atoms with E-state index in [2.05, 4.69) is 27.1 Å². The molecule has 0 amide bonds. The molecule has 0 N–H and O–H groups in total. The predicted octanol–water partition coefficient (Wildman–Crippen LogP) is 1.41. The minimum Gasteiger partial charge on any atom is -0.316 e. The van der Waals surface area contributed by atoms with Gasteiger partial charge in [0.1, 0.15) is 11.2 Å². The molecule has 0 aromatic rings. The summed E-state index contributed by atoms with van der Waals surface area (Å²) in [5.41, 5.74) is 11.5. The maximum absolute atomic E-state index is 7.25. The van der Waals surface area contributed by atoms with Gasteiger partial charge in [0.2, 0.25) is 0 Å².